The molecule has 0 radical (unpaired) electrons. The van der Waals surface area contributed by atoms with Crippen molar-refractivity contribution >= 4 is 70.2 Å². The first-order valence-electron chi connectivity index (χ1n) is 5.23. The van der Waals surface area contributed by atoms with E-state index < -0.39 is 0 Å². The predicted molar refractivity (Wildman–Crippen MR) is 66.8 cm³/mol. The maximum absolute atomic E-state index is 2.32. The molecule has 0 aliphatic rings. The van der Waals surface area contributed by atoms with E-state index in [2.05, 4.69) is 54.6 Å². The van der Waals surface area contributed by atoms with Crippen LogP contribution in [0.1, 0.15) is 0 Å². The van der Waals surface area contributed by atoms with Crippen LogP contribution in [0.5, 0.6) is 0 Å². The van der Waals surface area contributed by atoms with E-state index in [0.29, 0.717) is 0 Å². The molecule has 0 unspecified atom stereocenters. The van der Waals surface area contributed by atoms with Crippen LogP contribution in [0.15, 0.2) is 54.6 Å². The summed E-state index contributed by atoms with van der Waals surface area (Å²) in [5.41, 5.74) is 0. The molecule has 0 aliphatic carbocycles. The van der Waals surface area contributed by atoms with Crippen LogP contribution in [0.25, 0.3) is 21.5 Å². The molecule has 0 saturated heterocycles. The molecule has 3 aromatic rings. The van der Waals surface area contributed by atoms with E-state index in [4.69, 9.17) is 0 Å². The molecule has 3 aromatic carbocycles. The van der Waals surface area contributed by atoms with Crippen molar-refractivity contribution in [2.75, 3.05) is 0 Å². The Kier molecular flexibility index (Phi) is 2.67. The molecule has 0 aliphatic heterocycles. The monoisotopic (exact) mass is 216 g/mol. The predicted octanol–water partition coefficient (Wildman–Crippen LogP) is 2.79. The Balaban J connectivity index is 2.53. The summed E-state index contributed by atoms with van der Waals surface area (Å²) in [5.74, 6) is 0. The third kappa shape index (κ3) is 1.79. The van der Waals surface area contributed by atoms with Gasteiger partial charge in [-0.1, -0.05) is 0 Å². The maximum atomic E-state index is 2.32. The molecule has 66 valence electrons. The third-order valence-corrected chi connectivity index (χ3v) is 4.33. The van der Waals surface area contributed by atoms with Crippen molar-refractivity contribution in [2.45, 2.75) is 0 Å². The summed E-state index contributed by atoms with van der Waals surface area (Å²) in [5, 5.41) is 5.50. The molecule has 15 heavy (non-hydrogen) atoms. The molecule has 1 heteroatoms. The molecule has 0 heterocycles. The molecule has 0 N–H and O–H groups in total. The summed E-state index contributed by atoms with van der Waals surface area (Å²) in [7, 11) is 0. The fourth-order valence-electron chi connectivity index (χ4n) is 2.12. The summed E-state index contributed by atoms with van der Waals surface area (Å²) in [4.78, 5) is 0. The van der Waals surface area contributed by atoms with E-state index in [0.717, 1.165) is 49.0 Å². The molecule has 0 aromatic heterocycles. The van der Waals surface area contributed by atoms with Crippen LogP contribution < -0.4 is -0.342 Å². The van der Waals surface area contributed by atoms with Crippen molar-refractivity contribution in [3.63, 3.8) is 0 Å². The van der Waals surface area contributed by atoms with Gasteiger partial charge in [-0.15, -0.1) is 0 Å². The summed E-state index contributed by atoms with van der Waals surface area (Å²) in [6.07, 6.45) is 0. The van der Waals surface area contributed by atoms with E-state index in [1.54, 1.807) is 0 Å². The average molecular weight is 216 g/mol. The van der Waals surface area contributed by atoms with Gasteiger partial charge >= 0.3 is 125 Å². The standard InChI is InChI=1S/C14H9.K/c1-2-6-12-10-14-8-4-3-7-13(14)9-11(12)5-1;/h1-7,9-10H;. The van der Waals surface area contributed by atoms with Crippen molar-refractivity contribution in [3.8, 4) is 0 Å². The van der Waals surface area contributed by atoms with Crippen LogP contribution in [-0.4, -0.2) is 49.0 Å². The minimum atomic E-state index is 0.745. The molecule has 0 nitrogen and oxygen atoms in total. The Hall–Kier alpha value is -0.184. The van der Waals surface area contributed by atoms with E-state index in [1.807, 2.05) is 0 Å². The number of hydrogen-bond donors (Lipinski definition) is 0. The normalized spacial score (nSPS) is 11.1. The summed E-state index contributed by atoms with van der Waals surface area (Å²) >= 11 is 0.745. The number of benzene rings is 3. The molecule has 0 fully saturated rings. The van der Waals surface area contributed by atoms with Crippen molar-refractivity contribution in [1.29, 1.82) is 0 Å². The van der Waals surface area contributed by atoms with Gasteiger partial charge in [0.15, 0.2) is 0 Å². The van der Waals surface area contributed by atoms with Crippen LogP contribution in [0.3, 0.4) is 0 Å². The topological polar surface area (TPSA) is 0 Å². The van der Waals surface area contributed by atoms with Crippen molar-refractivity contribution in [3.05, 3.63) is 54.6 Å². The molecule has 3 rings (SSSR count). The van der Waals surface area contributed by atoms with Gasteiger partial charge in [0.05, 0.1) is 0 Å². The summed E-state index contributed by atoms with van der Waals surface area (Å²) in [6.45, 7) is 0. The van der Waals surface area contributed by atoms with Gasteiger partial charge in [0.25, 0.3) is 0 Å². The molecular formula is C14H9K. The zero-order valence-electron chi connectivity index (χ0n) is 8.70. The quantitative estimate of drug-likeness (QED) is 0.400. The second kappa shape index (κ2) is 4.00. The van der Waals surface area contributed by atoms with Gasteiger partial charge in [-0.2, -0.15) is 0 Å². The van der Waals surface area contributed by atoms with Crippen molar-refractivity contribution in [1.82, 2.24) is 0 Å². The molecular weight excluding hydrogens is 207 g/mol. The Labute approximate surface area is 123 Å². The van der Waals surface area contributed by atoms with Gasteiger partial charge < -0.3 is 0 Å². The van der Waals surface area contributed by atoms with E-state index in [1.165, 1.54) is 21.2 Å². The van der Waals surface area contributed by atoms with Gasteiger partial charge in [0.1, 0.15) is 0 Å². The van der Waals surface area contributed by atoms with Gasteiger partial charge in [0, 0.05) is 0 Å². The molecule has 0 spiro atoms. The van der Waals surface area contributed by atoms with Crippen LogP contribution in [0.2, 0.25) is 0 Å². The van der Waals surface area contributed by atoms with E-state index in [9.17, 15) is 0 Å². The van der Waals surface area contributed by atoms with Gasteiger partial charge in [-0.3, -0.25) is 0 Å². The average Bonchev–Trinajstić information content (AvgIpc) is 2.27. The van der Waals surface area contributed by atoms with Gasteiger partial charge in [-0.05, 0) is 0 Å². The van der Waals surface area contributed by atoms with Crippen LogP contribution in [0, 0.1) is 0 Å². The number of rotatable bonds is 0. The van der Waals surface area contributed by atoms with E-state index in [-0.39, 0.29) is 0 Å². The molecule has 0 amide bonds. The van der Waals surface area contributed by atoms with Crippen LogP contribution in [-0.2, 0) is 0 Å². The molecule has 0 saturated carbocycles. The number of fused-ring (bicyclic) bond motifs is 2. The second-order valence-electron chi connectivity index (χ2n) is 4.00. The first-order valence-corrected chi connectivity index (χ1v) is 6.79. The first kappa shape index (κ1) is 10.0. The second-order valence-corrected chi connectivity index (χ2v) is 5.68. The van der Waals surface area contributed by atoms with Crippen molar-refractivity contribution in [2.24, 2.45) is 0 Å². The Morgan fingerprint density at radius 1 is 0.667 bits per heavy atom. The van der Waals surface area contributed by atoms with Crippen LogP contribution in [0.4, 0.5) is 0 Å². The number of hydrogen-bond acceptors (Lipinski definition) is 0. The zero-order valence-corrected chi connectivity index (χ0v) is 11.8. The van der Waals surface area contributed by atoms with E-state index >= 15 is 0 Å². The molecule has 0 atom stereocenters. The fourth-order valence-corrected chi connectivity index (χ4v) is 3.10. The van der Waals surface area contributed by atoms with Gasteiger partial charge in [0.2, 0.25) is 0 Å². The summed E-state index contributed by atoms with van der Waals surface area (Å²) < 4.78 is 1.53. The SMILES string of the molecule is [K][c]1cccc2cc3ccccc3cc12. The van der Waals surface area contributed by atoms with Crippen LogP contribution >= 0.6 is 0 Å². The van der Waals surface area contributed by atoms with Gasteiger partial charge in [-0.25, -0.2) is 0 Å². The fraction of sp³-hybridized carbons (Fsp3) is 0. The first-order chi connectivity index (χ1) is 7.34. The Morgan fingerprint density at radius 3 is 2.13 bits per heavy atom. The Bertz CT molecular complexity index is 641. The molecule has 0 bridgehead atoms. The minimum absolute atomic E-state index is 0.745. The zero-order chi connectivity index (χ0) is 10.3. The Morgan fingerprint density at radius 2 is 1.33 bits per heavy atom. The van der Waals surface area contributed by atoms with Crippen molar-refractivity contribution < 1.29 is 0 Å². The third-order valence-electron chi connectivity index (χ3n) is 2.96. The summed E-state index contributed by atoms with van der Waals surface area (Å²) in [6, 6.07) is 19.8.